The number of aryl methyl sites for hydroxylation is 1. The van der Waals surface area contributed by atoms with E-state index in [2.05, 4.69) is 44.6 Å². The number of nitrogens with two attached hydrogens (primary N) is 1. The second kappa shape index (κ2) is 10.6. The molecular formula is C27H30FN7O3. The number of fused-ring (bicyclic) bond motifs is 1. The largest absolute Gasteiger partial charge is 0.493 e. The molecule has 11 heteroatoms. The molecule has 1 fully saturated rings. The van der Waals surface area contributed by atoms with E-state index < -0.39 is 11.7 Å². The Morgan fingerprint density at radius 3 is 2.71 bits per heavy atom. The first-order chi connectivity index (χ1) is 18.3. The molecule has 1 amide bonds. The van der Waals surface area contributed by atoms with Gasteiger partial charge in [-0.2, -0.15) is 4.98 Å². The SMILES string of the molecule is COc1cc(Nc2ncc(F)c(Nc3cc4c(nc3C(N)=O)CCC=C4)n2)ccc1OC1CC(N(C)C)C1. The summed E-state index contributed by atoms with van der Waals surface area (Å²) in [6.07, 6.45) is 8.57. The number of nitrogens with zero attached hydrogens (tertiary/aromatic N) is 4. The summed E-state index contributed by atoms with van der Waals surface area (Å²) in [6.45, 7) is 0. The zero-order valence-corrected chi connectivity index (χ0v) is 21.5. The summed E-state index contributed by atoms with van der Waals surface area (Å²) in [6, 6.07) is 7.64. The van der Waals surface area contributed by atoms with Crippen LogP contribution in [0, 0.1) is 5.82 Å². The monoisotopic (exact) mass is 519 g/mol. The third-order valence-electron chi connectivity index (χ3n) is 6.72. The number of carbonyl (C=O) groups is 1. The van der Waals surface area contributed by atoms with Gasteiger partial charge in [-0.25, -0.2) is 14.4 Å². The minimum atomic E-state index is -0.716. The summed E-state index contributed by atoms with van der Waals surface area (Å²) in [5.74, 6) is -0.190. The van der Waals surface area contributed by atoms with E-state index >= 15 is 0 Å². The molecule has 0 atom stereocenters. The summed E-state index contributed by atoms with van der Waals surface area (Å²) in [5, 5.41) is 5.92. The van der Waals surface area contributed by atoms with Gasteiger partial charge < -0.3 is 30.7 Å². The molecule has 2 aliphatic carbocycles. The lowest BCUT2D eigenvalue weighted by molar-refractivity contribution is 0.0383. The smallest absolute Gasteiger partial charge is 0.269 e. The van der Waals surface area contributed by atoms with Crippen molar-refractivity contribution < 1.29 is 18.7 Å². The first-order valence-electron chi connectivity index (χ1n) is 12.4. The molecule has 0 radical (unpaired) electrons. The Hall–Kier alpha value is -4.25. The fourth-order valence-electron chi connectivity index (χ4n) is 4.47. The molecule has 0 aliphatic heterocycles. The van der Waals surface area contributed by atoms with E-state index in [0.29, 0.717) is 29.6 Å². The summed E-state index contributed by atoms with van der Waals surface area (Å²) in [4.78, 5) is 27.0. The van der Waals surface area contributed by atoms with Gasteiger partial charge in [-0.1, -0.05) is 12.2 Å². The third-order valence-corrected chi connectivity index (χ3v) is 6.72. The molecule has 3 aromatic rings. The van der Waals surface area contributed by atoms with Crippen LogP contribution in [-0.2, 0) is 6.42 Å². The van der Waals surface area contributed by atoms with Crippen molar-refractivity contribution in [1.29, 1.82) is 0 Å². The van der Waals surface area contributed by atoms with Crippen molar-refractivity contribution in [1.82, 2.24) is 19.9 Å². The molecule has 1 saturated carbocycles. The number of anilines is 4. The number of methoxy groups -OCH3 is 1. The average Bonchev–Trinajstić information content (AvgIpc) is 2.87. The van der Waals surface area contributed by atoms with Crippen molar-refractivity contribution >= 4 is 35.1 Å². The van der Waals surface area contributed by atoms with E-state index in [-0.39, 0.29) is 29.3 Å². The minimum absolute atomic E-state index is 0.0234. The number of hydrogen-bond acceptors (Lipinski definition) is 9. The molecule has 5 rings (SSSR count). The van der Waals surface area contributed by atoms with Crippen LogP contribution in [0.4, 0.5) is 27.5 Å². The molecular weight excluding hydrogens is 489 g/mol. The van der Waals surface area contributed by atoms with Gasteiger partial charge >= 0.3 is 0 Å². The van der Waals surface area contributed by atoms with Gasteiger partial charge in [0.25, 0.3) is 5.91 Å². The minimum Gasteiger partial charge on any atom is -0.493 e. The average molecular weight is 520 g/mol. The van der Waals surface area contributed by atoms with Crippen molar-refractivity contribution in [2.24, 2.45) is 5.73 Å². The Morgan fingerprint density at radius 2 is 1.97 bits per heavy atom. The Bertz CT molecular complexity index is 1390. The van der Waals surface area contributed by atoms with Crippen molar-refractivity contribution in [3.8, 4) is 11.5 Å². The first kappa shape index (κ1) is 25.4. The molecule has 0 unspecified atom stereocenters. The second-order valence-electron chi connectivity index (χ2n) is 9.56. The maximum absolute atomic E-state index is 14.7. The number of allylic oxidation sites excluding steroid dienone is 1. The summed E-state index contributed by atoms with van der Waals surface area (Å²) >= 11 is 0. The first-order valence-corrected chi connectivity index (χ1v) is 12.4. The van der Waals surface area contributed by atoms with Crippen LogP contribution < -0.4 is 25.8 Å². The Kier molecular flexibility index (Phi) is 7.10. The number of pyridine rings is 1. The Morgan fingerprint density at radius 1 is 1.16 bits per heavy atom. The summed E-state index contributed by atoms with van der Waals surface area (Å²) < 4.78 is 26.3. The number of ether oxygens (including phenoxy) is 2. The number of aromatic nitrogens is 3. The van der Waals surface area contributed by atoms with Gasteiger partial charge in [-0.05, 0) is 63.5 Å². The molecule has 0 bridgehead atoms. The lowest BCUT2D eigenvalue weighted by atomic mass is 9.88. The zero-order chi connectivity index (χ0) is 26.8. The van der Waals surface area contributed by atoms with Gasteiger partial charge in [0, 0.05) is 23.5 Å². The fraction of sp³-hybridized carbons (Fsp3) is 0.333. The van der Waals surface area contributed by atoms with Gasteiger partial charge in [-0.3, -0.25) is 4.79 Å². The normalized spacial score (nSPS) is 17.9. The zero-order valence-electron chi connectivity index (χ0n) is 21.5. The standard InChI is InChI=1S/C27H30FN7O3/c1-35(2)17-12-18(13-17)38-22-9-8-16(11-23(22)37-3)31-27-30-14-19(28)26(34-27)33-21-10-15-6-4-5-7-20(15)32-24(21)25(29)36/h4,6,8-11,14,17-18H,5,7,12-13H2,1-3H3,(H2,29,36)(H2,30,31,33,34). The van der Waals surface area contributed by atoms with Crippen molar-refractivity contribution in [2.75, 3.05) is 31.8 Å². The molecule has 198 valence electrons. The van der Waals surface area contributed by atoms with Crippen LogP contribution in [0.1, 0.15) is 41.0 Å². The van der Waals surface area contributed by atoms with Crippen LogP contribution in [0.2, 0.25) is 0 Å². The maximum Gasteiger partial charge on any atom is 0.269 e. The van der Waals surface area contributed by atoms with Crippen molar-refractivity contribution in [2.45, 2.75) is 37.8 Å². The summed E-state index contributed by atoms with van der Waals surface area (Å²) in [5.41, 5.74) is 8.08. The molecule has 2 aromatic heterocycles. The number of rotatable bonds is 9. The molecule has 1 aromatic carbocycles. The van der Waals surface area contributed by atoms with E-state index in [0.717, 1.165) is 36.7 Å². The maximum atomic E-state index is 14.7. The second-order valence-corrected chi connectivity index (χ2v) is 9.56. The quantitative estimate of drug-likeness (QED) is 0.384. The van der Waals surface area contributed by atoms with Crippen LogP contribution in [0.25, 0.3) is 6.08 Å². The number of hydrogen-bond donors (Lipinski definition) is 3. The predicted molar refractivity (Wildman–Crippen MR) is 143 cm³/mol. The van der Waals surface area contributed by atoms with Crippen LogP contribution in [-0.4, -0.2) is 59.1 Å². The Balaban J connectivity index is 1.33. The number of halogens is 1. The lowest BCUT2D eigenvalue weighted by Gasteiger charge is -2.39. The van der Waals surface area contributed by atoms with E-state index in [1.807, 2.05) is 24.3 Å². The van der Waals surface area contributed by atoms with Crippen LogP contribution in [0.15, 0.2) is 36.5 Å². The highest BCUT2D eigenvalue weighted by atomic mass is 19.1. The molecule has 0 saturated heterocycles. The van der Waals surface area contributed by atoms with Gasteiger partial charge in [-0.15, -0.1) is 0 Å². The summed E-state index contributed by atoms with van der Waals surface area (Å²) in [7, 11) is 5.71. The highest BCUT2D eigenvalue weighted by Gasteiger charge is 2.32. The van der Waals surface area contributed by atoms with Gasteiger partial charge in [0.2, 0.25) is 5.95 Å². The number of nitrogens with one attached hydrogen (secondary N) is 2. The van der Waals surface area contributed by atoms with Crippen molar-refractivity contribution in [3.05, 3.63) is 59.3 Å². The van der Waals surface area contributed by atoms with Gasteiger partial charge in [0.15, 0.2) is 28.8 Å². The van der Waals surface area contributed by atoms with Crippen LogP contribution >= 0.6 is 0 Å². The van der Waals surface area contributed by atoms with Crippen LogP contribution in [0.5, 0.6) is 11.5 Å². The highest BCUT2D eigenvalue weighted by molar-refractivity contribution is 5.97. The molecule has 0 spiro atoms. The van der Waals surface area contributed by atoms with Crippen molar-refractivity contribution in [3.63, 3.8) is 0 Å². The third kappa shape index (κ3) is 5.37. The number of amides is 1. The number of primary amides is 1. The van der Waals surface area contributed by atoms with Gasteiger partial charge in [0.05, 0.1) is 19.0 Å². The molecule has 4 N–H and O–H groups in total. The highest BCUT2D eigenvalue weighted by Crippen LogP contribution is 2.36. The van der Waals surface area contributed by atoms with Gasteiger partial charge in [0.1, 0.15) is 6.10 Å². The fourth-order valence-corrected chi connectivity index (χ4v) is 4.47. The molecule has 2 heterocycles. The number of carbonyl (C=O) groups excluding carboxylic acids is 1. The van der Waals surface area contributed by atoms with E-state index in [1.165, 1.54) is 0 Å². The lowest BCUT2D eigenvalue weighted by Crippen LogP contribution is -2.46. The van der Waals surface area contributed by atoms with E-state index in [9.17, 15) is 9.18 Å². The molecule has 38 heavy (non-hydrogen) atoms. The molecule has 2 aliphatic rings. The van der Waals surface area contributed by atoms with E-state index in [4.69, 9.17) is 15.2 Å². The predicted octanol–water partition coefficient (Wildman–Crippen LogP) is 4.04. The topological polar surface area (TPSA) is 128 Å². The Labute approximate surface area is 220 Å². The number of benzene rings is 1. The molecule has 10 nitrogen and oxygen atoms in total. The van der Waals surface area contributed by atoms with E-state index in [1.54, 1.807) is 19.2 Å². The van der Waals surface area contributed by atoms with Crippen LogP contribution in [0.3, 0.4) is 0 Å².